The van der Waals surface area contributed by atoms with Crippen molar-refractivity contribution in [2.75, 3.05) is 0 Å². The topological polar surface area (TPSA) is 55.1 Å². The Labute approximate surface area is 137 Å². The number of nitrogens with two attached hydrogens (primary N) is 1. The highest BCUT2D eigenvalue weighted by molar-refractivity contribution is 5.86. The molecule has 22 heavy (non-hydrogen) atoms. The average Bonchev–Trinajstić information content (AvgIpc) is 2.52. The molecule has 1 aliphatic rings. The molecule has 4 heteroatoms. The van der Waals surface area contributed by atoms with Crippen molar-refractivity contribution in [1.29, 1.82) is 0 Å². The van der Waals surface area contributed by atoms with E-state index in [4.69, 9.17) is 5.73 Å². The number of hydrogen-bond donors (Lipinski definition) is 2. The summed E-state index contributed by atoms with van der Waals surface area (Å²) in [7, 11) is 0. The van der Waals surface area contributed by atoms with E-state index in [1.807, 2.05) is 18.2 Å². The molecule has 0 spiro atoms. The summed E-state index contributed by atoms with van der Waals surface area (Å²) in [6.45, 7) is 0.589. The van der Waals surface area contributed by atoms with Crippen LogP contribution in [0.2, 0.25) is 0 Å². The lowest BCUT2D eigenvalue weighted by atomic mass is 9.85. The van der Waals surface area contributed by atoms with Crippen molar-refractivity contribution in [3.8, 4) is 0 Å². The molecule has 1 aliphatic carbocycles. The summed E-state index contributed by atoms with van der Waals surface area (Å²) in [5.74, 6) is 0.238. The van der Waals surface area contributed by atoms with E-state index in [1.165, 1.54) is 16.3 Å². The quantitative estimate of drug-likeness (QED) is 0.911. The van der Waals surface area contributed by atoms with Gasteiger partial charge in [0.25, 0.3) is 0 Å². The monoisotopic (exact) mass is 318 g/mol. The highest BCUT2D eigenvalue weighted by atomic mass is 35.5. The molecule has 3 nitrogen and oxygen atoms in total. The maximum atomic E-state index is 12.3. The number of fused-ring (bicyclic) bond motifs is 1. The van der Waals surface area contributed by atoms with Gasteiger partial charge in [0.05, 0.1) is 0 Å². The predicted molar refractivity (Wildman–Crippen MR) is 93.0 cm³/mol. The Kier molecular flexibility index (Phi) is 5.81. The highest BCUT2D eigenvalue weighted by Crippen LogP contribution is 2.23. The third-order valence-corrected chi connectivity index (χ3v) is 4.42. The van der Waals surface area contributed by atoms with E-state index in [1.54, 1.807) is 0 Å². The number of hydrogen-bond acceptors (Lipinski definition) is 2. The summed E-state index contributed by atoms with van der Waals surface area (Å²) in [6, 6.07) is 14.7. The van der Waals surface area contributed by atoms with Gasteiger partial charge >= 0.3 is 0 Å². The van der Waals surface area contributed by atoms with Gasteiger partial charge in [0, 0.05) is 18.5 Å². The van der Waals surface area contributed by atoms with Crippen LogP contribution in [0.3, 0.4) is 0 Å². The standard InChI is InChI=1S/C18H22N2O.ClH/c19-16-9-4-7-14(11-16)18(21)20-12-15-8-3-6-13-5-1-2-10-17(13)15;/h1-3,5-6,8,10,14,16H,4,7,9,11-12,19H2,(H,20,21);1H. The van der Waals surface area contributed by atoms with Crippen LogP contribution in [0.5, 0.6) is 0 Å². The second-order valence-corrected chi connectivity index (χ2v) is 5.98. The zero-order chi connectivity index (χ0) is 14.7. The van der Waals surface area contributed by atoms with Crippen LogP contribution in [-0.4, -0.2) is 11.9 Å². The first-order valence-corrected chi connectivity index (χ1v) is 7.74. The van der Waals surface area contributed by atoms with Gasteiger partial charge in [-0.2, -0.15) is 0 Å². The van der Waals surface area contributed by atoms with Crippen LogP contribution in [0.1, 0.15) is 31.2 Å². The van der Waals surface area contributed by atoms with E-state index in [9.17, 15) is 4.79 Å². The van der Waals surface area contributed by atoms with E-state index in [0.29, 0.717) is 6.54 Å². The van der Waals surface area contributed by atoms with Gasteiger partial charge in [0.1, 0.15) is 0 Å². The number of halogens is 1. The minimum atomic E-state index is 0. The summed E-state index contributed by atoms with van der Waals surface area (Å²) in [5.41, 5.74) is 7.13. The lowest BCUT2D eigenvalue weighted by Crippen LogP contribution is -2.37. The minimum Gasteiger partial charge on any atom is -0.352 e. The number of nitrogens with one attached hydrogen (secondary N) is 1. The molecular formula is C18H23ClN2O. The van der Waals surface area contributed by atoms with Crippen molar-refractivity contribution in [2.45, 2.75) is 38.3 Å². The average molecular weight is 319 g/mol. The Morgan fingerprint density at radius 3 is 2.73 bits per heavy atom. The molecule has 2 aromatic rings. The molecule has 0 saturated heterocycles. The number of carbonyl (C=O) groups is 1. The Hall–Kier alpha value is -1.58. The summed E-state index contributed by atoms with van der Waals surface area (Å²) < 4.78 is 0. The zero-order valence-corrected chi connectivity index (χ0v) is 13.4. The Morgan fingerprint density at radius 2 is 1.91 bits per heavy atom. The highest BCUT2D eigenvalue weighted by Gasteiger charge is 2.24. The number of amides is 1. The lowest BCUT2D eigenvalue weighted by Gasteiger charge is -2.25. The first-order chi connectivity index (χ1) is 10.2. The molecule has 3 rings (SSSR count). The molecule has 0 aromatic heterocycles. The Morgan fingerprint density at radius 1 is 1.14 bits per heavy atom. The summed E-state index contributed by atoms with van der Waals surface area (Å²) in [4.78, 5) is 12.3. The summed E-state index contributed by atoms with van der Waals surface area (Å²) in [6.07, 6.45) is 3.90. The van der Waals surface area contributed by atoms with Gasteiger partial charge in [0.15, 0.2) is 0 Å². The molecule has 1 saturated carbocycles. The van der Waals surface area contributed by atoms with Gasteiger partial charge in [-0.3, -0.25) is 4.79 Å². The van der Waals surface area contributed by atoms with Crippen molar-refractivity contribution in [3.05, 3.63) is 48.0 Å². The maximum Gasteiger partial charge on any atom is 0.223 e. The van der Waals surface area contributed by atoms with Gasteiger partial charge < -0.3 is 11.1 Å². The van der Waals surface area contributed by atoms with Crippen LogP contribution in [-0.2, 0) is 11.3 Å². The molecule has 1 fully saturated rings. The third kappa shape index (κ3) is 3.79. The van der Waals surface area contributed by atoms with E-state index in [-0.39, 0.29) is 30.3 Å². The van der Waals surface area contributed by atoms with E-state index in [2.05, 4.69) is 29.6 Å². The van der Waals surface area contributed by atoms with E-state index < -0.39 is 0 Å². The van der Waals surface area contributed by atoms with Crippen molar-refractivity contribution in [2.24, 2.45) is 11.7 Å². The molecule has 0 aliphatic heterocycles. The lowest BCUT2D eigenvalue weighted by molar-refractivity contribution is -0.126. The SMILES string of the molecule is Cl.NC1CCCC(C(=O)NCc2cccc3ccccc23)C1. The maximum absolute atomic E-state index is 12.3. The number of carbonyl (C=O) groups excluding carboxylic acids is 1. The molecule has 118 valence electrons. The second-order valence-electron chi connectivity index (χ2n) is 5.98. The smallest absolute Gasteiger partial charge is 0.223 e. The van der Waals surface area contributed by atoms with Gasteiger partial charge in [-0.05, 0) is 35.6 Å². The molecule has 0 bridgehead atoms. The van der Waals surface area contributed by atoms with E-state index in [0.717, 1.165) is 25.7 Å². The predicted octanol–water partition coefficient (Wildman–Crippen LogP) is 3.40. The van der Waals surface area contributed by atoms with Crippen molar-refractivity contribution in [1.82, 2.24) is 5.32 Å². The summed E-state index contributed by atoms with van der Waals surface area (Å²) in [5, 5.41) is 5.51. The van der Waals surface area contributed by atoms with Crippen LogP contribution in [0.15, 0.2) is 42.5 Å². The molecule has 0 heterocycles. The molecular weight excluding hydrogens is 296 g/mol. The van der Waals surface area contributed by atoms with Crippen LogP contribution >= 0.6 is 12.4 Å². The van der Waals surface area contributed by atoms with Gasteiger partial charge in [-0.25, -0.2) is 0 Å². The second kappa shape index (κ2) is 7.61. The van der Waals surface area contributed by atoms with Crippen molar-refractivity contribution >= 4 is 29.1 Å². The fraction of sp³-hybridized carbons (Fsp3) is 0.389. The molecule has 0 radical (unpaired) electrons. The molecule has 2 atom stereocenters. The van der Waals surface area contributed by atoms with Gasteiger partial charge in [0.2, 0.25) is 5.91 Å². The fourth-order valence-corrected chi connectivity index (χ4v) is 3.24. The van der Waals surface area contributed by atoms with Crippen LogP contribution in [0.25, 0.3) is 10.8 Å². The van der Waals surface area contributed by atoms with E-state index >= 15 is 0 Å². The normalized spacial score (nSPS) is 21.1. The molecule has 2 aromatic carbocycles. The molecule has 3 N–H and O–H groups in total. The minimum absolute atomic E-state index is 0. The van der Waals surface area contributed by atoms with Crippen molar-refractivity contribution < 1.29 is 4.79 Å². The fourth-order valence-electron chi connectivity index (χ4n) is 3.24. The largest absolute Gasteiger partial charge is 0.352 e. The summed E-state index contributed by atoms with van der Waals surface area (Å²) >= 11 is 0. The van der Waals surface area contributed by atoms with Crippen molar-refractivity contribution in [3.63, 3.8) is 0 Å². The van der Waals surface area contributed by atoms with Gasteiger partial charge in [-0.1, -0.05) is 48.9 Å². The number of benzene rings is 2. The first kappa shape index (κ1) is 16.8. The van der Waals surface area contributed by atoms with Gasteiger partial charge in [-0.15, -0.1) is 12.4 Å². The van der Waals surface area contributed by atoms with Crippen LogP contribution in [0.4, 0.5) is 0 Å². The third-order valence-electron chi connectivity index (χ3n) is 4.42. The first-order valence-electron chi connectivity index (χ1n) is 7.74. The molecule has 2 unspecified atom stereocenters. The Bertz CT molecular complexity index is 639. The molecule has 1 amide bonds. The Balaban J connectivity index is 0.00000176. The zero-order valence-electron chi connectivity index (χ0n) is 12.6. The van der Waals surface area contributed by atoms with Crippen LogP contribution < -0.4 is 11.1 Å². The van der Waals surface area contributed by atoms with Crippen LogP contribution in [0, 0.1) is 5.92 Å². The number of rotatable bonds is 3.